The first-order valence-electron chi connectivity index (χ1n) is 7.43. The van der Waals surface area contributed by atoms with Crippen LogP contribution in [0.25, 0.3) is 0 Å². The van der Waals surface area contributed by atoms with E-state index in [4.69, 9.17) is 23.2 Å². The highest BCUT2D eigenvalue weighted by Gasteiger charge is 2.20. The second kappa shape index (κ2) is 8.19. The molecule has 0 aliphatic carbocycles. The van der Waals surface area contributed by atoms with Crippen molar-refractivity contribution in [1.29, 1.82) is 0 Å². The zero-order valence-electron chi connectivity index (χ0n) is 13.7. The van der Waals surface area contributed by atoms with Crippen LogP contribution < -0.4 is 10.0 Å². The first-order valence-corrected chi connectivity index (χ1v) is 10.1. The Morgan fingerprint density at radius 3 is 2.36 bits per heavy atom. The third-order valence-electron chi connectivity index (χ3n) is 3.56. The molecule has 5 nitrogen and oxygen atoms in total. The maximum atomic E-state index is 12.4. The standard InChI is InChI=1S/C17H18Cl2N2O3S/c1-11-14(19)4-3-5-15(11)20-17(22)10-16(21-25(2,23)24)12-6-8-13(18)9-7-12/h3-9,16,21H,10H2,1-2H3,(H,20,22)/t16-/m1/s1. The molecule has 1 amide bonds. The number of carbonyl (C=O) groups excluding carboxylic acids is 1. The third-order valence-corrected chi connectivity index (χ3v) is 4.93. The smallest absolute Gasteiger partial charge is 0.226 e. The monoisotopic (exact) mass is 400 g/mol. The van der Waals surface area contributed by atoms with Gasteiger partial charge in [-0.3, -0.25) is 4.79 Å². The Bertz CT molecular complexity index is 868. The molecule has 0 bridgehead atoms. The molecule has 0 aliphatic heterocycles. The fourth-order valence-corrected chi connectivity index (χ4v) is 3.35. The Kier molecular flexibility index (Phi) is 6.46. The minimum absolute atomic E-state index is 0.0688. The van der Waals surface area contributed by atoms with Gasteiger partial charge in [-0.1, -0.05) is 41.4 Å². The molecule has 2 rings (SSSR count). The number of carbonyl (C=O) groups is 1. The maximum Gasteiger partial charge on any atom is 0.226 e. The Morgan fingerprint density at radius 1 is 1.12 bits per heavy atom. The van der Waals surface area contributed by atoms with Crippen LogP contribution in [0, 0.1) is 6.92 Å². The van der Waals surface area contributed by atoms with Crippen molar-refractivity contribution in [2.75, 3.05) is 11.6 Å². The van der Waals surface area contributed by atoms with E-state index in [9.17, 15) is 13.2 Å². The van der Waals surface area contributed by atoms with Crippen LogP contribution in [-0.2, 0) is 14.8 Å². The van der Waals surface area contributed by atoms with Crippen molar-refractivity contribution in [1.82, 2.24) is 4.72 Å². The first kappa shape index (κ1) is 19.7. The normalized spacial score (nSPS) is 12.6. The molecule has 0 aliphatic rings. The van der Waals surface area contributed by atoms with Crippen LogP contribution in [0.15, 0.2) is 42.5 Å². The second-order valence-electron chi connectivity index (χ2n) is 5.66. The van der Waals surface area contributed by atoms with Crippen molar-refractivity contribution < 1.29 is 13.2 Å². The van der Waals surface area contributed by atoms with Gasteiger partial charge in [-0.2, -0.15) is 0 Å². The molecule has 2 aromatic rings. The number of hydrogen-bond acceptors (Lipinski definition) is 3. The lowest BCUT2D eigenvalue weighted by Gasteiger charge is -2.18. The second-order valence-corrected chi connectivity index (χ2v) is 8.28. The molecule has 0 fully saturated rings. The van der Waals surface area contributed by atoms with Crippen LogP contribution in [0.3, 0.4) is 0 Å². The third kappa shape index (κ3) is 6.01. The summed E-state index contributed by atoms with van der Waals surface area (Å²) < 4.78 is 25.7. The molecular formula is C17H18Cl2N2O3S. The number of halogens is 2. The molecule has 25 heavy (non-hydrogen) atoms. The largest absolute Gasteiger partial charge is 0.326 e. The van der Waals surface area contributed by atoms with Crippen molar-refractivity contribution in [3.8, 4) is 0 Å². The Labute approximate surface area is 157 Å². The van der Waals surface area contributed by atoms with E-state index in [2.05, 4.69) is 10.0 Å². The lowest BCUT2D eigenvalue weighted by molar-refractivity contribution is -0.116. The number of nitrogens with one attached hydrogen (secondary N) is 2. The Hall–Kier alpha value is -1.60. The summed E-state index contributed by atoms with van der Waals surface area (Å²) in [4.78, 5) is 12.4. The van der Waals surface area contributed by atoms with Gasteiger partial charge >= 0.3 is 0 Å². The molecule has 0 radical (unpaired) electrons. The van der Waals surface area contributed by atoms with Crippen LogP contribution in [0.2, 0.25) is 10.0 Å². The molecule has 0 heterocycles. The summed E-state index contributed by atoms with van der Waals surface area (Å²) in [5.41, 5.74) is 1.98. The zero-order valence-corrected chi connectivity index (χ0v) is 16.0. The van der Waals surface area contributed by atoms with Crippen molar-refractivity contribution in [2.24, 2.45) is 0 Å². The average molecular weight is 401 g/mol. The predicted molar refractivity (Wildman–Crippen MR) is 102 cm³/mol. The summed E-state index contributed by atoms with van der Waals surface area (Å²) in [6.45, 7) is 1.80. The van der Waals surface area contributed by atoms with E-state index in [1.54, 1.807) is 49.4 Å². The van der Waals surface area contributed by atoms with Crippen LogP contribution in [0.4, 0.5) is 5.69 Å². The summed E-state index contributed by atoms with van der Waals surface area (Å²) in [5, 5.41) is 3.84. The van der Waals surface area contributed by atoms with Gasteiger partial charge in [0, 0.05) is 22.2 Å². The molecule has 8 heteroatoms. The van der Waals surface area contributed by atoms with E-state index < -0.39 is 16.1 Å². The molecule has 2 aromatic carbocycles. The SMILES string of the molecule is Cc1c(Cl)cccc1NC(=O)C[C@@H](NS(C)(=O)=O)c1ccc(Cl)cc1. The number of benzene rings is 2. The van der Waals surface area contributed by atoms with Gasteiger partial charge in [0.05, 0.1) is 12.3 Å². The number of rotatable bonds is 6. The number of amides is 1. The Balaban J connectivity index is 2.19. The molecule has 0 saturated carbocycles. The fraction of sp³-hybridized carbons (Fsp3) is 0.235. The van der Waals surface area contributed by atoms with Gasteiger partial charge in [0.2, 0.25) is 15.9 Å². The van der Waals surface area contributed by atoms with E-state index in [0.29, 0.717) is 21.3 Å². The molecule has 0 spiro atoms. The lowest BCUT2D eigenvalue weighted by Crippen LogP contribution is -2.30. The van der Waals surface area contributed by atoms with Gasteiger partial charge in [-0.05, 0) is 42.3 Å². The maximum absolute atomic E-state index is 12.4. The molecule has 1 atom stereocenters. The number of sulfonamides is 1. The summed E-state index contributed by atoms with van der Waals surface area (Å²) in [7, 11) is -3.50. The molecule has 0 unspecified atom stereocenters. The van der Waals surface area contributed by atoms with Crippen LogP contribution in [-0.4, -0.2) is 20.6 Å². The van der Waals surface area contributed by atoms with Crippen molar-refractivity contribution in [2.45, 2.75) is 19.4 Å². The highest BCUT2D eigenvalue weighted by atomic mass is 35.5. The topological polar surface area (TPSA) is 75.3 Å². The molecule has 2 N–H and O–H groups in total. The highest BCUT2D eigenvalue weighted by Crippen LogP contribution is 2.25. The van der Waals surface area contributed by atoms with Crippen LogP contribution >= 0.6 is 23.2 Å². The van der Waals surface area contributed by atoms with Crippen molar-refractivity contribution in [3.63, 3.8) is 0 Å². The number of anilines is 1. The first-order chi connectivity index (χ1) is 11.7. The van der Waals surface area contributed by atoms with Crippen molar-refractivity contribution >= 4 is 44.8 Å². The molecular weight excluding hydrogens is 383 g/mol. The summed E-state index contributed by atoms with van der Waals surface area (Å²) in [6.07, 6.45) is 0.982. The highest BCUT2D eigenvalue weighted by molar-refractivity contribution is 7.88. The summed E-state index contributed by atoms with van der Waals surface area (Å²) in [6, 6.07) is 11.2. The van der Waals surface area contributed by atoms with E-state index >= 15 is 0 Å². The van der Waals surface area contributed by atoms with E-state index in [0.717, 1.165) is 11.8 Å². The summed E-state index contributed by atoms with van der Waals surface area (Å²) >= 11 is 11.9. The quantitative estimate of drug-likeness (QED) is 0.771. The fourth-order valence-electron chi connectivity index (χ4n) is 2.31. The van der Waals surface area contributed by atoms with Gasteiger partial charge in [0.15, 0.2) is 0 Å². The Morgan fingerprint density at radius 2 is 1.76 bits per heavy atom. The molecule has 0 aromatic heterocycles. The minimum Gasteiger partial charge on any atom is -0.326 e. The van der Waals surface area contributed by atoms with Crippen LogP contribution in [0.5, 0.6) is 0 Å². The van der Waals surface area contributed by atoms with Gasteiger partial charge < -0.3 is 5.32 Å². The van der Waals surface area contributed by atoms with Gasteiger partial charge in [-0.15, -0.1) is 0 Å². The van der Waals surface area contributed by atoms with Gasteiger partial charge in [-0.25, -0.2) is 13.1 Å². The summed E-state index contributed by atoms with van der Waals surface area (Å²) in [5.74, 6) is -0.332. The zero-order chi connectivity index (χ0) is 18.6. The van der Waals surface area contributed by atoms with E-state index in [1.807, 2.05) is 0 Å². The molecule has 134 valence electrons. The lowest BCUT2D eigenvalue weighted by atomic mass is 10.0. The van der Waals surface area contributed by atoms with E-state index in [-0.39, 0.29) is 12.3 Å². The van der Waals surface area contributed by atoms with Crippen LogP contribution in [0.1, 0.15) is 23.6 Å². The minimum atomic E-state index is -3.50. The van der Waals surface area contributed by atoms with Crippen molar-refractivity contribution in [3.05, 3.63) is 63.6 Å². The average Bonchev–Trinajstić information content (AvgIpc) is 2.50. The molecule has 0 saturated heterocycles. The predicted octanol–water partition coefficient (Wildman–Crippen LogP) is 3.92. The van der Waals surface area contributed by atoms with E-state index in [1.165, 1.54) is 0 Å². The van der Waals surface area contributed by atoms with Gasteiger partial charge in [0.1, 0.15) is 0 Å². The van der Waals surface area contributed by atoms with Gasteiger partial charge in [0.25, 0.3) is 0 Å². The number of hydrogen-bond donors (Lipinski definition) is 2.